The summed E-state index contributed by atoms with van der Waals surface area (Å²) in [4.78, 5) is 6.97. The van der Waals surface area contributed by atoms with E-state index in [1.807, 2.05) is 30.5 Å². The molecule has 3 heterocycles. The minimum atomic E-state index is -0.0548. The van der Waals surface area contributed by atoms with E-state index >= 15 is 0 Å². The van der Waals surface area contributed by atoms with Crippen molar-refractivity contribution in [2.75, 3.05) is 7.11 Å². The van der Waals surface area contributed by atoms with Gasteiger partial charge in [0.25, 0.3) is 0 Å². The molecule has 0 radical (unpaired) electrons. The lowest BCUT2D eigenvalue weighted by atomic mass is 9.96. The fourth-order valence-corrected chi connectivity index (χ4v) is 5.49. The largest absolute Gasteiger partial charge is 0.497 e. The second-order valence-corrected chi connectivity index (χ2v) is 10.0. The van der Waals surface area contributed by atoms with Gasteiger partial charge in [0.15, 0.2) is 5.11 Å². The zero-order chi connectivity index (χ0) is 24.5. The number of aromatic nitrogens is 2. The van der Waals surface area contributed by atoms with Crippen LogP contribution in [-0.2, 0) is 6.54 Å². The van der Waals surface area contributed by atoms with Crippen molar-refractivity contribution in [1.82, 2.24) is 19.8 Å². The van der Waals surface area contributed by atoms with E-state index in [9.17, 15) is 0 Å². The zero-order valence-corrected chi connectivity index (χ0v) is 22.3. The second-order valence-electron chi connectivity index (χ2n) is 8.74. The molecule has 178 valence electrons. The molecule has 0 aliphatic carbocycles. The fourth-order valence-electron chi connectivity index (χ4n) is 4.92. The summed E-state index contributed by atoms with van der Waals surface area (Å²) in [5.74, 6) is 0.844. The Morgan fingerprint density at radius 3 is 2.43 bits per heavy atom. The van der Waals surface area contributed by atoms with Crippen LogP contribution in [0.15, 0.2) is 83.5 Å². The van der Waals surface area contributed by atoms with E-state index < -0.39 is 0 Å². The monoisotopic (exact) mass is 546 g/mol. The lowest BCUT2D eigenvalue weighted by Crippen LogP contribution is -2.29. The molecule has 0 saturated carbocycles. The Bertz CT molecular complexity index is 1340. The number of pyridine rings is 1. The van der Waals surface area contributed by atoms with Gasteiger partial charge in [-0.3, -0.25) is 4.98 Å². The minimum absolute atomic E-state index is 0.00472. The normalized spacial score (nSPS) is 17.5. The molecule has 0 unspecified atom stereocenters. The molecule has 35 heavy (non-hydrogen) atoms. The van der Waals surface area contributed by atoms with E-state index in [0.717, 1.165) is 26.7 Å². The first kappa shape index (κ1) is 23.6. The Hall–Kier alpha value is -3.16. The molecule has 5 rings (SSSR count). The maximum atomic E-state index is 5.88. The average Bonchev–Trinajstić information content (AvgIpc) is 3.35. The number of benzene rings is 2. The van der Waals surface area contributed by atoms with Crippen molar-refractivity contribution in [3.8, 4) is 11.4 Å². The molecule has 0 bridgehead atoms. The highest BCUT2D eigenvalue weighted by atomic mass is 79.9. The van der Waals surface area contributed by atoms with Crippen LogP contribution in [-0.4, -0.2) is 26.7 Å². The summed E-state index contributed by atoms with van der Waals surface area (Å²) in [7, 11) is 1.68. The van der Waals surface area contributed by atoms with Gasteiger partial charge in [-0.25, -0.2) is 0 Å². The van der Waals surface area contributed by atoms with Crippen LogP contribution in [0, 0.1) is 13.8 Å². The molecule has 5 nitrogen and oxygen atoms in total. The van der Waals surface area contributed by atoms with E-state index in [1.165, 1.54) is 22.5 Å². The van der Waals surface area contributed by atoms with Crippen molar-refractivity contribution in [3.63, 3.8) is 0 Å². The molecule has 2 atom stereocenters. The number of aryl methyl sites for hydroxylation is 1. The predicted molar refractivity (Wildman–Crippen MR) is 147 cm³/mol. The molecule has 2 aromatic carbocycles. The Morgan fingerprint density at radius 2 is 1.77 bits per heavy atom. The topological polar surface area (TPSA) is 42.3 Å². The molecule has 7 heteroatoms. The Balaban J connectivity index is 1.59. The van der Waals surface area contributed by atoms with Gasteiger partial charge >= 0.3 is 0 Å². The third-order valence-corrected chi connectivity index (χ3v) is 7.46. The Morgan fingerprint density at radius 1 is 1.03 bits per heavy atom. The zero-order valence-electron chi connectivity index (χ0n) is 19.9. The summed E-state index contributed by atoms with van der Waals surface area (Å²) in [5, 5.41) is 4.30. The molecule has 0 spiro atoms. The van der Waals surface area contributed by atoms with Crippen molar-refractivity contribution in [1.29, 1.82) is 0 Å². The summed E-state index contributed by atoms with van der Waals surface area (Å²) in [6.45, 7) is 5.03. The van der Waals surface area contributed by atoms with E-state index in [-0.39, 0.29) is 12.1 Å². The quantitative estimate of drug-likeness (QED) is 0.282. The maximum absolute atomic E-state index is 5.88. The van der Waals surface area contributed by atoms with Gasteiger partial charge < -0.3 is 19.5 Å². The molecule has 1 saturated heterocycles. The summed E-state index contributed by atoms with van der Waals surface area (Å²) < 4.78 is 8.72. The number of ether oxygens (including phenoxy) is 1. The molecule has 0 amide bonds. The highest BCUT2D eigenvalue weighted by Crippen LogP contribution is 2.42. The molecule has 4 aromatic rings. The van der Waals surface area contributed by atoms with Gasteiger partial charge in [0.1, 0.15) is 5.75 Å². The summed E-state index contributed by atoms with van der Waals surface area (Å²) in [6, 6.07) is 24.9. The van der Waals surface area contributed by atoms with Crippen LogP contribution >= 0.6 is 28.1 Å². The Kier molecular flexibility index (Phi) is 6.62. The second kappa shape index (κ2) is 9.84. The first-order valence-electron chi connectivity index (χ1n) is 11.5. The smallest absolute Gasteiger partial charge is 0.170 e. The van der Waals surface area contributed by atoms with Gasteiger partial charge in [0.05, 0.1) is 24.9 Å². The van der Waals surface area contributed by atoms with Crippen molar-refractivity contribution in [2.24, 2.45) is 0 Å². The first-order valence-corrected chi connectivity index (χ1v) is 12.7. The number of rotatable bonds is 6. The minimum Gasteiger partial charge on any atom is -0.497 e. The number of hydrogen-bond acceptors (Lipinski definition) is 3. The number of hydrogen-bond donors (Lipinski definition) is 1. The van der Waals surface area contributed by atoms with Crippen molar-refractivity contribution in [2.45, 2.75) is 32.5 Å². The number of thiocarbonyl (C=S) groups is 1. The Labute approximate surface area is 219 Å². The van der Waals surface area contributed by atoms with Crippen LogP contribution in [0.4, 0.5) is 0 Å². The van der Waals surface area contributed by atoms with Crippen LogP contribution in [0.3, 0.4) is 0 Å². The van der Waals surface area contributed by atoms with Crippen LogP contribution in [0.1, 0.15) is 40.3 Å². The fraction of sp³-hybridized carbons (Fsp3) is 0.214. The maximum Gasteiger partial charge on any atom is 0.170 e. The third-order valence-electron chi connectivity index (χ3n) is 6.58. The van der Waals surface area contributed by atoms with Crippen LogP contribution in [0.5, 0.6) is 5.75 Å². The van der Waals surface area contributed by atoms with Crippen LogP contribution in [0.2, 0.25) is 0 Å². The number of halogens is 1. The molecule has 1 fully saturated rings. The third kappa shape index (κ3) is 4.58. The van der Waals surface area contributed by atoms with Crippen molar-refractivity contribution >= 4 is 33.3 Å². The van der Waals surface area contributed by atoms with E-state index in [4.69, 9.17) is 17.0 Å². The first-order chi connectivity index (χ1) is 17.0. The lowest BCUT2D eigenvalue weighted by Gasteiger charge is -2.28. The molecular weight excluding hydrogens is 520 g/mol. The molecule has 1 aliphatic rings. The van der Waals surface area contributed by atoms with Crippen LogP contribution in [0.25, 0.3) is 5.69 Å². The average molecular weight is 548 g/mol. The van der Waals surface area contributed by atoms with Crippen LogP contribution < -0.4 is 10.1 Å². The van der Waals surface area contributed by atoms with Gasteiger partial charge in [0, 0.05) is 34.3 Å². The highest BCUT2D eigenvalue weighted by molar-refractivity contribution is 9.10. The molecule has 2 aromatic heterocycles. The van der Waals surface area contributed by atoms with E-state index in [0.29, 0.717) is 6.54 Å². The van der Waals surface area contributed by atoms with E-state index in [2.05, 4.69) is 98.1 Å². The standard InChI is InChI=1S/C28H27BrN4OS/c1-18-16-24(19(2)33(18)22-11-9-21(29)10-12-22)27-26(25-6-4-5-15-30-25)31-28(35)32(27)17-20-7-13-23(34-3)14-8-20/h4-16,26-27H,17H2,1-3H3,(H,31,35)/t26-,27-/m1/s1. The van der Waals surface area contributed by atoms with Crippen molar-refractivity contribution < 1.29 is 4.74 Å². The van der Waals surface area contributed by atoms with Gasteiger partial charge in [0.2, 0.25) is 0 Å². The lowest BCUT2D eigenvalue weighted by molar-refractivity contribution is 0.310. The highest BCUT2D eigenvalue weighted by Gasteiger charge is 2.41. The van der Waals surface area contributed by atoms with Crippen molar-refractivity contribution in [3.05, 3.63) is 112 Å². The predicted octanol–water partition coefficient (Wildman–Crippen LogP) is 6.43. The van der Waals surface area contributed by atoms with Gasteiger partial charge in [-0.2, -0.15) is 0 Å². The summed E-state index contributed by atoms with van der Waals surface area (Å²) in [6.07, 6.45) is 1.84. The van der Waals surface area contributed by atoms with Gasteiger partial charge in [-0.15, -0.1) is 0 Å². The summed E-state index contributed by atoms with van der Waals surface area (Å²) >= 11 is 9.43. The van der Waals surface area contributed by atoms with E-state index in [1.54, 1.807) is 7.11 Å². The molecule has 1 aliphatic heterocycles. The molecule has 1 N–H and O–H groups in total. The number of nitrogens with zero attached hydrogens (tertiary/aromatic N) is 3. The summed E-state index contributed by atoms with van der Waals surface area (Å²) in [5.41, 5.74) is 6.90. The van der Waals surface area contributed by atoms with Gasteiger partial charge in [-0.1, -0.05) is 34.1 Å². The SMILES string of the molecule is COc1ccc(CN2C(=S)N[C@H](c3ccccn3)[C@H]2c2cc(C)n(-c3ccc(Br)cc3)c2C)cc1. The number of nitrogens with one attached hydrogen (secondary N) is 1. The molecular formula is C28H27BrN4OS. The number of methoxy groups -OCH3 is 1. The van der Waals surface area contributed by atoms with Gasteiger partial charge in [-0.05, 0) is 91.8 Å².